The zero-order valence-corrected chi connectivity index (χ0v) is 15.9. The first-order chi connectivity index (χ1) is 14.2. The Kier molecular flexibility index (Phi) is 5.94. The lowest BCUT2D eigenvalue weighted by atomic mass is 10.1. The number of hydrogen-bond donors (Lipinski definition) is 0. The predicted octanol–water partition coefficient (Wildman–Crippen LogP) is 3.93. The molecule has 7 heteroatoms. The molecule has 1 aliphatic rings. The standard InChI is InChI=1S/C22H21FN4O2/c23-19-7-3-17(4-8-19)14-27(20-9-11-28-12-10-20)15-21-25-26-22(29-21)18-5-1-16(13-24)2-6-18/h1-8,20H,9-12,14-15H2. The van der Waals surface area contributed by atoms with Crippen molar-refractivity contribution >= 4 is 0 Å². The van der Waals surface area contributed by atoms with Crippen molar-refractivity contribution in [3.05, 3.63) is 71.4 Å². The van der Waals surface area contributed by atoms with E-state index in [9.17, 15) is 4.39 Å². The summed E-state index contributed by atoms with van der Waals surface area (Å²) in [6.07, 6.45) is 1.86. The first-order valence-corrected chi connectivity index (χ1v) is 9.60. The van der Waals surface area contributed by atoms with Crippen LogP contribution in [0.2, 0.25) is 0 Å². The summed E-state index contributed by atoms with van der Waals surface area (Å²) in [6, 6.07) is 16.0. The van der Waals surface area contributed by atoms with Crippen LogP contribution in [0.1, 0.15) is 29.9 Å². The molecule has 29 heavy (non-hydrogen) atoms. The summed E-state index contributed by atoms with van der Waals surface area (Å²) in [6.45, 7) is 2.63. The van der Waals surface area contributed by atoms with Crippen molar-refractivity contribution in [1.29, 1.82) is 5.26 Å². The number of aromatic nitrogens is 2. The van der Waals surface area contributed by atoms with Crippen LogP contribution in [0.25, 0.3) is 11.5 Å². The zero-order chi connectivity index (χ0) is 20.1. The van der Waals surface area contributed by atoms with Crippen LogP contribution < -0.4 is 0 Å². The van der Waals surface area contributed by atoms with Gasteiger partial charge in [-0.25, -0.2) is 4.39 Å². The minimum Gasteiger partial charge on any atom is -0.419 e. The molecule has 1 aromatic heterocycles. The van der Waals surface area contributed by atoms with Crippen molar-refractivity contribution in [3.63, 3.8) is 0 Å². The molecule has 0 saturated carbocycles. The maximum atomic E-state index is 13.3. The number of nitrogens with zero attached hydrogens (tertiary/aromatic N) is 4. The Balaban J connectivity index is 1.51. The fourth-order valence-corrected chi connectivity index (χ4v) is 3.48. The van der Waals surface area contributed by atoms with Crippen LogP contribution in [0.5, 0.6) is 0 Å². The van der Waals surface area contributed by atoms with E-state index in [0.29, 0.717) is 36.5 Å². The van der Waals surface area contributed by atoms with Crippen LogP contribution in [0.3, 0.4) is 0 Å². The molecule has 0 spiro atoms. The molecule has 0 N–H and O–H groups in total. The highest BCUT2D eigenvalue weighted by atomic mass is 19.1. The maximum absolute atomic E-state index is 13.3. The summed E-state index contributed by atoms with van der Waals surface area (Å²) in [5, 5.41) is 17.3. The Hall–Kier alpha value is -3.08. The quantitative estimate of drug-likeness (QED) is 0.633. The van der Waals surface area contributed by atoms with E-state index in [2.05, 4.69) is 21.2 Å². The van der Waals surface area contributed by atoms with Gasteiger partial charge in [0.05, 0.1) is 18.2 Å². The molecule has 4 rings (SSSR count). The van der Waals surface area contributed by atoms with Gasteiger partial charge in [-0.05, 0) is 54.8 Å². The maximum Gasteiger partial charge on any atom is 0.247 e. The number of benzene rings is 2. The molecule has 1 fully saturated rings. The smallest absolute Gasteiger partial charge is 0.247 e. The summed E-state index contributed by atoms with van der Waals surface area (Å²) in [4.78, 5) is 2.28. The van der Waals surface area contributed by atoms with E-state index < -0.39 is 0 Å². The van der Waals surface area contributed by atoms with Gasteiger partial charge in [-0.3, -0.25) is 4.90 Å². The molecule has 1 saturated heterocycles. The summed E-state index contributed by atoms with van der Waals surface area (Å²) in [5.74, 6) is 0.714. The Morgan fingerprint density at radius 2 is 1.72 bits per heavy atom. The molecule has 0 unspecified atom stereocenters. The SMILES string of the molecule is N#Cc1ccc(-c2nnc(CN(Cc3ccc(F)cc3)C3CCOCC3)o2)cc1. The highest BCUT2D eigenvalue weighted by Crippen LogP contribution is 2.23. The summed E-state index contributed by atoms with van der Waals surface area (Å²) >= 11 is 0. The highest BCUT2D eigenvalue weighted by molar-refractivity contribution is 5.54. The predicted molar refractivity (Wildman–Crippen MR) is 104 cm³/mol. The molecular formula is C22H21FN4O2. The van der Waals surface area contributed by atoms with E-state index in [4.69, 9.17) is 14.4 Å². The molecule has 0 bridgehead atoms. The third-order valence-corrected chi connectivity index (χ3v) is 5.07. The van der Waals surface area contributed by atoms with E-state index in [-0.39, 0.29) is 5.82 Å². The van der Waals surface area contributed by atoms with Crippen LogP contribution in [0, 0.1) is 17.1 Å². The van der Waals surface area contributed by atoms with Crippen LogP contribution in [0.4, 0.5) is 4.39 Å². The van der Waals surface area contributed by atoms with Crippen molar-refractivity contribution in [2.45, 2.75) is 32.0 Å². The van der Waals surface area contributed by atoms with Gasteiger partial charge in [0, 0.05) is 31.4 Å². The zero-order valence-electron chi connectivity index (χ0n) is 15.9. The molecule has 3 aromatic rings. The number of nitriles is 1. The number of ether oxygens (including phenoxy) is 1. The number of halogens is 1. The van der Waals surface area contributed by atoms with Gasteiger partial charge >= 0.3 is 0 Å². The molecule has 1 aliphatic heterocycles. The van der Waals surface area contributed by atoms with Crippen molar-refractivity contribution < 1.29 is 13.5 Å². The largest absolute Gasteiger partial charge is 0.419 e. The monoisotopic (exact) mass is 392 g/mol. The van der Waals surface area contributed by atoms with Crippen molar-refractivity contribution in [3.8, 4) is 17.5 Å². The molecule has 6 nitrogen and oxygen atoms in total. The van der Waals surface area contributed by atoms with Crippen LogP contribution in [0.15, 0.2) is 52.9 Å². The van der Waals surface area contributed by atoms with Crippen molar-refractivity contribution in [2.75, 3.05) is 13.2 Å². The average Bonchev–Trinajstić information content (AvgIpc) is 3.24. The van der Waals surface area contributed by atoms with Gasteiger partial charge in [0.25, 0.3) is 0 Å². The van der Waals surface area contributed by atoms with Gasteiger partial charge in [-0.15, -0.1) is 10.2 Å². The second-order valence-electron chi connectivity index (χ2n) is 7.07. The van der Waals surface area contributed by atoms with Crippen LogP contribution in [-0.4, -0.2) is 34.4 Å². The number of hydrogen-bond acceptors (Lipinski definition) is 6. The van der Waals surface area contributed by atoms with Gasteiger partial charge in [0.2, 0.25) is 11.8 Å². The van der Waals surface area contributed by atoms with E-state index >= 15 is 0 Å². The minimum absolute atomic E-state index is 0.240. The summed E-state index contributed by atoms with van der Waals surface area (Å²) < 4.78 is 24.6. The Bertz CT molecular complexity index is 973. The van der Waals surface area contributed by atoms with Crippen LogP contribution in [-0.2, 0) is 17.8 Å². The highest BCUT2D eigenvalue weighted by Gasteiger charge is 2.24. The van der Waals surface area contributed by atoms with Gasteiger partial charge in [0.15, 0.2) is 0 Å². The minimum atomic E-state index is -0.240. The Labute approximate surface area is 168 Å². The van der Waals surface area contributed by atoms with E-state index in [1.165, 1.54) is 12.1 Å². The normalized spacial score (nSPS) is 14.8. The molecule has 0 amide bonds. The van der Waals surface area contributed by atoms with Gasteiger partial charge in [-0.2, -0.15) is 5.26 Å². The fraction of sp³-hybridized carbons (Fsp3) is 0.318. The van der Waals surface area contributed by atoms with Gasteiger partial charge in [-0.1, -0.05) is 12.1 Å². The summed E-state index contributed by atoms with van der Waals surface area (Å²) in [7, 11) is 0. The van der Waals surface area contributed by atoms with Gasteiger partial charge in [0.1, 0.15) is 5.82 Å². The van der Waals surface area contributed by atoms with Gasteiger partial charge < -0.3 is 9.15 Å². The molecule has 2 aromatic carbocycles. The van der Waals surface area contributed by atoms with E-state index in [1.807, 2.05) is 0 Å². The Morgan fingerprint density at radius 3 is 2.41 bits per heavy atom. The molecule has 0 atom stereocenters. The van der Waals surface area contributed by atoms with Crippen molar-refractivity contribution in [1.82, 2.24) is 15.1 Å². The second kappa shape index (κ2) is 8.95. The average molecular weight is 392 g/mol. The lowest BCUT2D eigenvalue weighted by Crippen LogP contribution is -2.38. The molecule has 2 heterocycles. The van der Waals surface area contributed by atoms with Crippen LogP contribution >= 0.6 is 0 Å². The first kappa shape index (κ1) is 19.2. The third-order valence-electron chi connectivity index (χ3n) is 5.07. The first-order valence-electron chi connectivity index (χ1n) is 9.60. The molecule has 0 radical (unpaired) electrons. The Morgan fingerprint density at radius 1 is 1.00 bits per heavy atom. The molecule has 0 aliphatic carbocycles. The van der Waals surface area contributed by atoms with Crippen molar-refractivity contribution in [2.24, 2.45) is 0 Å². The molecular weight excluding hydrogens is 371 g/mol. The lowest BCUT2D eigenvalue weighted by molar-refractivity contribution is 0.0247. The van der Waals surface area contributed by atoms with E-state index in [0.717, 1.165) is 37.2 Å². The fourth-order valence-electron chi connectivity index (χ4n) is 3.48. The second-order valence-corrected chi connectivity index (χ2v) is 7.07. The topological polar surface area (TPSA) is 75.2 Å². The summed E-state index contributed by atoms with van der Waals surface area (Å²) in [5.41, 5.74) is 2.39. The number of rotatable bonds is 6. The third kappa shape index (κ3) is 4.86. The lowest BCUT2D eigenvalue weighted by Gasteiger charge is -2.33. The van der Waals surface area contributed by atoms with E-state index in [1.54, 1.807) is 36.4 Å². The molecule has 148 valence electrons.